The molecular weight excluding hydrogens is 295 g/mol. The summed E-state index contributed by atoms with van der Waals surface area (Å²) in [6.45, 7) is 1.84. The predicted octanol–water partition coefficient (Wildman–Crippen LogP) is 3.07. The zero-order valence-electron chi connectivity index (χ0n) is 8.60. The van der Waals surface area contributed by atoms with Crippen molar-refractivity contribution in [1.29, 1.82) is 0 Å². The van der Waals surface area contributed by atoms with Crippen molar-refractivity contribution in [2.75, 3.05) is 7.11 Å². The van der Waals surface area contributed by atoms with Gasteiger partial charge in [0.15, 0.2) is 0 Å². The standard InChI is InChI=1S/C10H8BrClN2O2/c1-4-7-6(14-13-4)3-5(12)9(11)8(7)10(15)16-2/h3H,1-2H3,(H,13,14). The number of aryl methyl sites for hydroxylation is 1. The lowest BCUT2D eigenvalue weighted by molar-refractivity contribution is 0.0602. The van der Waals surface area contributed by atoms with Crippen molar-refractivity contribution >= 4 is 44.4 Å². The summed E-state index contributed by atoms with van der Waals surface area (Å²) in [5.74, 6) is -0.441. The minimum atomic E-state index is -0.441. The third kappa shape index (κ3) is 1.60. The lowest BCUT2D eigenvalue weighted by Crippen LogP contribution is -2.04. The molecule has 1 heterocycles. The molecule has 0 fully saturated rings. The number of aromatic nitrogens is 2. The van der Waals surface area contributed by atoms with Gasteiger partial charge in [0.2, 0.25) is 0 Å². The van der Waals surface area contributed by atoms with Crippen LogP contribution in [-0.4, -0.2) is 23.3 Å². The first-order valence-electron chi connectivity index (χ1n) is 4.47. The molecule has 2 aromatic rings. The average Bonchev–Trinajstić information content (AvgIpc) is 2.61. The van der Waals surface area contributed by atoms with Crippen molar-refractivity contribution in [3.8, 4) is 0 Å². The van der Waals surface area contributed by atoms with Crippen LogP contribution in [0.5, 0.6) is 0 Å². The molecule has 1 aromatic carbocycles. The highest BCUT2D eigenvalue weighted by Crippen LogP contribution is 2.34. The Labute approximate surface area is 105 Å². The van der Waals surface area contributed by atoms with Gasteiger partial charge in [0.05, 0.1) is 27.7 Å². The Hall–Kier alpha value is -1.07. The third-order valence-corrected chi connectivity index (χ3v) is 3.66. The number of rotatable bonds is 1. The van der Waals surface area contributed by atoms with Gasteiger partial charge in [0.1, 0.15) is 0 Å². The van der Waals surface area contributed by atoms with Crippen LogP contribution in [-0.2, 0) is 4.74 Å². The highest BCUT2D eigenvalue weighted by molar-refractivity contribution is 9.10. The fourth-order valence-electron chi connectivity index (χ4n) is 1.57. The number of H-pyrrole nitrogens is 1. The molecule has 0 saturated heterocycles. The first-order chi connectivity index (χ1) is 7.56. The van der Waals surface area contributed by atoms with Gasteiger partial charge in [-0.1, -0.05) is 11.6 Å². The van der Waals surface area contributed by atoms with E-state index in [0.717, 1.165) is 11.1 Å². The maximum atomic E-state index is 11.7. The van der Waals surface area contributed by atoms with Crippen LogP contribution in [0.1, 0.15) is 16.1 Å². The minimum Gasteiger partial charge on any atom is -0.465 e. The van der Waals surface area contributed by atoms with Crippen LogP contribution in [0.25, 0.3) is 10.9 Å². The van der Waals surface area contributed by atoms with E-state index in [1.54, 1.807) is 6.07 Å². The normalized spacial score (nSPS) is 10.8. The van der Waals surface area contributed by atoms with Gasteiger partial charge in [-0.05, 0) is 28.9 Å². The number of fused-ring (bicyclic) bond motifs is 1. The van der Waals surface area contributed by atoms with Crippen LogP contribution in [0.15, 0.2) is 10.5 Å². The topological polar surface area (TPSA) is 55.0 Å². The van der Waals surface area contributed by atoms with Crippen LogP contribution in [0, 0.1) is 6.92 Å². The van der Waals surface area contributed by atoms with Gasteiger partial charge in [-0.3, -0.25) is 5.10 Å². The molecule has 0 spiro atoms. The molecule has 0 aliphatic rings. The third-order valence-electron chi connectivity index (χ3n) is 2.31. The second-order valence-electron chi connectivity index (χ2n) is 3.28. The maximum Gasteiger partial charge on any atom is 0.339 e. The van der Waals surface area contributed by atoms with Crippen molar-refractivity contribution in [3.05, 3.63) is 26.8 Å². The van der Waals surface area contributed by atoms with Gasteiger partial charge < -0.3 is 4.74 Å². The number of benzene rings is 1. The van der Waals surface area contributed by atoms with E-state index >= 15 is 0 Å². The smallest absolute Gasteiger partial charge is 0.339 e. The molecule has 0 bridgehead atoms. The molecule has 0 aliphatic carbocycles. The number of aromatic amines is 1. The zero-order valence-corrected chi connectivity index (χ0v) is 10.9. The van der Waals surface area contributed by atoms with E-state index in [2.05, 4.69) is 26.1 Å². The largest absolute Gasteiger partial charge is 0.465 e. The number of nitrogens with one attached hydrogen (secondary N) is 1. The molecule has 0 unspecified atom stereocenters. The van der Waals surface area contributed by atoms with E-state index in [4.69, 9.17) is 16.3 Å². The van der Waals surface area contributed by atoms with Crippen LogP contribution in [0.4, 0.5) is 0 Å². The molecule has 0 radical (unpaired) electrons. The zero-order chi connectivity index (χ0) is 11.9. The van der Waals surface area contributed by atoms with Crippen LogP contribution >= 0.6 is 27.5 Å². The van der Waals surface area contributed by atoms with Crippen LogP contribution < -0.4 is 0 Å². The van der Waals surface area contributed by atoms with Gasteiger partial charge in [-0.15, -0.1) is 0 Å². The van der Waals surface area contributed by atoms with Gasteiger partial charge in [0, 0.05) is 11.1 Å². The lowest BCUT2D eigenvalue weighted by Gasteiger charge is -2.06. The molecule has 0 atom stereocenters. The second-order valence-corrected chi connectivity index (χ2v) is 4.48. The molecule has 1 N–H and O–H groups in total. The SMILES string of the molecule is COC(=O)c1c(Br)c(Cl)cc2n[nH]c(C)c12. The number of ether oxygens (including phenoxy) is 1. The molecule has 0 amide bonds. The number of carbonyl (C=O) groups is 1. The molecule has 1 aromatic heterocycles. The molecule has 4 nitrogen and oxygen atoms in total. The number of esters is 1. The van der Waals surface area contributed by atoms with Crippen molar-refractivity contribution in [2.45, 2.75) is 6.92 Å². The number of carbonyl (C=O) groups excluding carboxylic acids is 1. The van der Waals surface area contributed by atoms with Crippen LogP contribution in [0.2, 0.25) is 5.02 Å². The lowest BCUT2D eigenvalue weighted by atomic mass is 10.1. The summed E-state index contributed by atoms with van der Waals surface area (Å²) in [7, 11) is 1.33. The Morgan fingerprint density at radius 1 is 1.62 bits per heavy atom. The Balaban J connectivity index is 2.90. The molecule has 2 rings (SSSR count). The summed E-state index contributed by atoms with van der Waals surface area (Å²) in [4.78, 5) is 11.7. The quantitative estimate of drug-likeness (QED) is 0.824. The summed E-state index contributed by atoms with van der Waals surface area (Å²) in [5, 5.41) is 8.03. The van der Waals surface area contributed by atoms with Gasteiger partial charge >= 0.3 is 5.97 Å². The van der Waals surface area contributed by atoms with E-state index < -0.39 is 5.97 Å². The van der Waals surface area contributed by atoms with Crippen molar-refractivity contribution in [1.82, 2.24) is 10.2 Å². The highest BCUT2D eigenvalue weighted by Gasteiger charge is 2.20. The van der Waals surface area contributed by atoms with Gasteiger partial charge in [0.25, 0.3) is 0 Å². The van der Waals surface area contributed by atoms with Gasteiger partial charge in [-0.2, -0.15) is 5.10 Å². The monoisotopic (exact) mass is 302 g/mol. The number of nitrogens with zero attached hydrogens (tertiary/aromatic N) is 1. The summed E-state index contributed by atoms with van der Waals surface area (Å²) < 4.78 is 5.26. The predicted molar refractivity (Wildman–Crippen MR) is 64.9 cm³/mol. The first kappa shape index (κ1) is 11.4. The summed E-state index contributed by atoms with van der Waals surface area (Å²) in [6, 6.07) is 1.69. The molecule has 84 valence electrons. The van der Waals surface area contributed by atoms with Crippen molar-refractivity contribution in [3.63, 3.8) is 0 Å². The first-order valence-corrected chi connectivity index (χ1v) is 5.64. The Bertz CT molecular complexity index is 580. The van der Waals surface area contributed by atoms with Crippen molar-refractivity contribution < 1.29 is 9.53 Å². The second kappa shape index (κ2) is 4.07. The Kier molecular flexibility index (Phi) is 2.90. The number of methoxy groups -OCH3 is 1. The molecule has 6 heteroatoms. The van der Waals surface area contributed by atoms with E-state index in [1.807, 2.05) is 6.92 Å². The molecular formula is C10H8BrClN2O2. The van der Waals surface area contributed by atoms with Crippen LogP contribution in [0.3, 0.4) is 0 Å². The number of hydrogen-bond donors (Lipinski definition) is 1. The maximum absolute atomic E-state index is 11.7. The fourth-order valence-corrected chi connectivity index (χ4v) is 2.25. The summed E-state index contributed by atoms with van der Waals surface area (Å²) in [6.07, 6.45) is 0. The highest BCUT2D eigenvalue weighted by atomic mass is 79.9. The fraction of sp³-hybridized carbons (Fsp3) is 0.200. The molecule has 0 aliphatic heterocycles. The molecule has 0 saturated carbocycles. The molecule has 16 heavy (non-hydrogen) atoms. The van der Waals surface area contributed by atoms with E-state index in [1.165, 1.54) is 7.11 Å². The average molecular weight is 304 g/mol. The van der Waals surface area contributed by atoms with E-state index in [0.29, 0.717) is 20.6 Å². The number of hydrogen-bond acceptors (Lipinski definition) is 3. The Morgan fingerprint density at radius 3 is 2.94 bits per heavy atom. The minimum absolute atomic E-state index is 0.399. The Morgan fingerprint density at radius 2 is 2.31 bits per heavy atom. The summed E-state index contributed by atoms with van der Waals surface area (Å²) >= 11 is 9.28. The number of halogens is 2. The van der Waals surface area contributed by atoms with E-state index in [9.17, 15) is 4.79 Å². The van der Waals surface area contributed by atoms with Crippen molar-refractivity contribution in [2.24, 2.45) is 0 Å². The summed E-state index contributed by atoms with van der Waals surface area (Å²) in [5.41, 5.74) is 1.84. The van der Waals surface area contributed by atoms with E-state index in [-0.39, 0.29) is 0 Å². The van der Waals surface area contributed by atoms with Gasteiger partial charge in [-0.25, -0.2) is 4.79 Å².